The van der Waals surface area contributed by atoms with Crippen LogP contribution in [0.1, 0.15) is 25.7 Å². The molecule has 0 aromatic carbocycles. The van der Waals surface area contributed by atoms with Gasteiger partial charge >= 0.3 is 0 Å². The first-order valence-corrected chi connectivity index (χ1v) is 4.49. The average Bonchev–Trinajstić information content (AvgIpc) is 2.75. The van der Waals surface area contributed by atoms with E-state index in [-0.39, 0.29) is 0 Å². The van der Waals surface area contributed by atoms with Crippen LogP contribution in [-0.4, -0.2) is 12.6 Å². The maximum Gasteiger partial charge on any atom is 0.0288 e. The molecule has 0 heterocycles. The smallest absolute Gasteiger partial charge is 0.0288 e. The lowest BCUT2D eigenvalue weighted by molar-refractivity contribution is 0.403. The molecule has 2 heteroatoms. The van der Waals surface area contributed by atoms with Gasteiger partial charge in [0.2, 0.25) is 0 Å². The van der Waals surface area contributed by atoms with E-state index in [2.05, 4.69) is 0 Å². The molecular formula is C9H16N2. The van der Waals surface area contributed by atoms with Gasteiger partial charge in [-0.1, -0.05) is 5.57 Å². The molecule has 0 bridgehead atoms. The summed E-state index contributed by atoms with van der Waals surface area (Å²) in [5.41, 5.74) is 14.7. The first kappa shape index (κ1) is 7.32. The standard InChI is InChI=1S/C9H16N2/c10-4-3-6-1-2-7-5-8(7)9(6)11/h6,9H,1-5,10-11H2/t6?,9-/m1/s1. The molecule has 0 fully saturated rings. The second-order valence-corrected chi connectivity index (χ2v) is 3.71. The molecule has 0 amide bonds. The molecular weight excluding hydrogens is 136 g/mol. The van der Waals surface area contributed by atoms with E-state index in [1.165, 1.54) is 19.3 Å². The molecule has 0 saturated carbocycles. The van der Waals surface area contributed by atoms with Gasteiger partial charge in [-0.05, 0) is 43.7 Å². The molecule has 0 aromatic heterocycles. The van der Waals surface area contributed by atoms with Crippen molar-refractivity contribution in [3.8, 4) is 0 Å². The van der Waals surface area contributed by atoms with E-state index in [1.807, 2.05) is 0 Å². The summed E-state index contributed by atoms with van der Waals surface area (Å²) in [6, 6.07) is 0.363. The highest BCUT2D eigenvalue weighted by molar-refractivity contribution is 5.41. The molecule has 0 radical (unpaired) electrons. The lowest BCUT2D eigenvalue weighted by Crippen LogP contribution is -2.32. The van der Waals surface area contributed by atoms with Gasteiger partial charge in [-0.25, -0.2) is 0 Å². The van der Waals surface area contributed by atoms with E-state index in [1.54, 1.807) is 11.1 Å². The third-order valence-electron chi connectivity index (χ3n) is 3.00. The Morgan fingerprint density at radius 1 is 1.45 bits per heavy atom. The van der Waals surface area contributed by atoms with E-state index in [9.17, 15) is 0 Å². The Balaban J connectivity index is 1.98. The fourth-order valence-corrected chi connectivity index (χ4v) is 2.15. The second-order valence-electron chi connectivity index (χ2n) is 3.71. The van der Waals surface area contributed by atoms with Gasteiger partial charge in [0.05, 0.1) is 0 Å². The van der Waals surface area contributed by atoms with Crippen LogP contribution in [0.2, 0.25) is 0 Å². The highest BCUT2D eigenvalue weighted by atomic mass is 14.7. The van der Waals surface area contributed by atoms with Gasteiger partial charge in [-0.3, -0.25) is 0 Å². The molecule has 0 spiro atoms. The Morgan fingerprint density at radius 3 is 3.00 bits per heavy atom. The van der Waals surface area contributed by atoms with E-state index < -0.39 is 0 Å². The third-order valence-corrected chi connectivity index (χ3v) is 3.00. The van der Waals surface area contributed by atoms with Crippen molar-refractivity contribution in [2.45, 2.75) is 31.7 Å². The number of rotatable bonds is 2. The van der Waals surface area contributed by atoms with Crippen molar-refractivity contribution in [3.63, 3.8) is 0 Å². The zero-order valence-electron chi connectivity index (χ0n) is 6.84. The normalized spacial score (nSPS) is 35.5. The molecule has 2 atom stereocenters. The first-order chi connectivity index (χ1) is 5.33. The molecule has 11 heavy (non-hydrogen) atoms. The lowest BCUT2D eigenvalue weighted by atomic mass is 9.87. The molecule has 2 aliphatic carbocycles. The summed E-state index contributed by atoms with van der Waals surface area (Å²) in [7, 11) is 0. The number of nitrogens with two attached hydrogens (primary N) is 2. The summed E-state index contributed by atoms with van der Waals surface area (Å²) in [4.78, 5) is 0. The predicted molar refractivity (Wildman–Crippen MR) is 46.0 cm³/mol. The van der Waals surface area contributed by atoms with Crippen molar-refractivity contribution >= 4 is 0 Å². The number of hydrogen-bond acceptors (Lipinski definition) is 2. The van der Waals surface area contributed by atoms with Crippen LogP contribution in [0, 0.1) is 5.92 Å². The lowest BCUT2D eigenvalue weighted by Gasteiger charge is -2.23. The molecule has 62 valence electrons. The quantitative estimate of drug-likeness (QED) is 0.574. The van der Waals surface area contributed by atoms with Crippen LogP contribution in [0.4, 0.5) is 0 Å². The van der Waals surface area contributed by atoms with Gasteiger partial charge in [-0.2, -0.15) is 0 Å². The van der Waals surface area contributed by atoms with Crippen LogP contribution in [0.25, 0.3) is 0 Å². The zero-order chi connectivity index (χ0) is 7.84. The van der Waals surface area contributed by atoms with Gasteiger partial charge in [-0.15, -0.1) is 0 Å². The zero-order valence-corrected chi connectivity index (χ0v) is 6.84. The number of hydrogen-bond donors (Lipinski definition) is 2. The third kappa shape index (κ3) is 1.21. The summed E-state index contributed by atoms with van der Waals surface area (Å²) >= 11 is 0. The predicted octanol–water partition coefficient (Wildman–Crippen LogP) is 0.773. The van der Waals surface area contributed by atoms with Crippen LogP contribution in [-0.2, 0) is 0 Å². The highest BCUT2D eigenvalue weighted by Crippen LogP contribution is 2.45. The summed E-state index contributed by atoms with van der Waals surface area (Å²) in [5, 5.41) is 0. The van der Waals surface area contributed by atoms with Crippen LogP contribution >= 0.6 is 0 Å². The molecule has 1 unspecified atom stereocenters. The summed E-state index contributed by atoms with van der Waals surface area (Å²) in [6.45, 7) is 0.793. The Bertz CT molecular complexity index is 196. The van der Waals surface area contributed by atoms with Gasteiger partial charge in [0.25, 0.3) is 0 Å². The molecule has 0 aromatic rings. The second kappa shape index (κ2) is 2.61. The minimum Gasteiger partial charge on any atom is -0.330 e. The topological polar surface area (TPSA) is 52.0 Å². The molecule has 0 saturated heterocycles. The summed E-state index contributed by atoms with van der Waals surface area (Å²) in [6.07, 6.45) is 4.92. The largest absolute Gasteiger partial charge is 0.330 e. The Hall–Kier alpha value is -0.340. The molecule has 2 rings (SSSR count). The maximum absolute atomic E-state index is 6.04. The van der Waals surface area contributed by atoms with Gasteiger partial charge in [0.1, 0.15) is 0 Å². The first-order valence-electron chi connectivity index (χ1n) is 4.49. The van der Waals surface area contributed by atoms with Crippen molar-refractivity contribution < 1.29 is 0 Å². The Morgan fingerprint density at radius 2 is 2.27 bits per heavy atom. The fraction of sp³-hybridized carbons (Fsp3) is 0.778. The minimum atomic E-state index is 0.363. The monoisotopic (exact) mass is 152 g/mol. The SMILES string of the molecule is NCCC1CCC2=C(C2)[C@@H]1N. The summed E-state index contributed by atoms with van der Waals surface area (Å²) in [5.74, 6) is 0.682. The minimum absolute atomic E-state index is 0.363. The molecule has 2 aliphatic rings. The van der Waals surface area contributed by atoms with E-state index in [0.717, 1.165) is 13.0 Å². The van der Waals surface area contributed by atoms with E-state index in [0.29, 0.717) is 12.0 Å². The Kier molecular flexibility index (Phi) is 1.74. The van der Waals surface area contributed by atoms with Crippen LogP contribution in [0.3, 0.4) is 0 Å². The van der Waals surface area contributed by atoms with Crippen molar-refractivity contribution in [2.75, 3.05) is 6.54 Å². The molecule has 0 aliphatic heterocycles. The van der Waals surface area contributed by atoms with Crippen molar-refractivity contribution in [2.24, 2.45) is 17.4 Å². The molecule has 4 N–H and O–H groups in total. The highest BCUT2D eigenvalue weighted by Gasteiger charge is 2.35. The maximum atomic E-state index is 6.04. The molecule has 2 nitrogen and oxygen atoms in total. The van der Waals surface area contributed by atoms with Crippen molar-refractivity contribution in [1.82, 2.24) is 0 Å². The van der Waals surface area contributed by atoms with Crippen LogP contribution in [0.15, 0.2) is 11.1 Å². The average molecular weight is 152 g/mol. The van der Waals surface area contributed by atoms with E-state index >= 15 is 0 Å². The fourth-order valence-electron chi connectivity index (χ4n) is 2.15. The Labute approximate surface area is 67.6 Å². The van der Waals surface area contributed by atoms with E-state index in [4.69, 9.17) is 11.5 Å². The van der Waals surface area contributed by atoms with Gasteiger partial charge < -0.3 is 11.5 Å². The van der Waals surface area contributed by atoms with Gasteiger partial charge in [0.15, 0.2) is 0 Å². The van der Waals surface area contributed by atoms with Crippen molar-refractivity contribution in [3.05, 3.63) is 11.1 Å². The van der Waals surface area contributed by atoms with Crippen LogP contribution < -0.4 is 11.5 Å². The van der Waals surface area contributed by atoms with Crippen LogP contribution in [0.5, 0.6) is 0 Å². The summed E-state index contributed by atoms with van der Waals surface area (Å²) < 4.78 is 0. The van der Waals surface area contributed by atoms with Crippen molar-refractivity contribution in [1.29, 1.82) is 0 Å². The van der Waals surface area contributed by atoms with Gasteiger partial charge in [0, 0.05) is 6.04 Å². The number of allylic oxidation sites excluding steroid dienone is 1.